The van der Waals surface area contributed by atoms with E-state index in [0.717, 1.165) is 41.2 Å². The zero-order chi connectivity index (χ0) is 30.6. The summed E-state index contributed by atoms with van der Waals surface area (Å²) in [6.45, 7) is 4.63. The first-order valence-corrected chi connectivity index (χ1v) is 16.5. The SMILES string of the molecule is CCCCN(c1ccc2c(c1)c(-c1ccc(OC)cc1)c(OC(=O)O)n2Cc1ccc2nsnc2c1)S(=O)(=O)CCCC. The Balaban J connectivity index is 1.74. The topological polar surface area (TPSA) is 124 Å². The Morgan fingerprint density at radius 1 is 0.977 bits per heavy atom. The van der Waals surface area contributed by atoms with Crippen molar-refractivity contribution in [2.45, 2.75) is 46.1 Å². The lowest BCUT2D eigenvalue weighted by Crippen LogP contribution is -2.34. The van der Waals surface area contributed by atoms with Gasteiger partial charge in [-0.25, -0.2) is 13.2 Å². The molecule has 2 aromatic heterocycles. The van der Waals surface area contributed by atoms with Gasteiger partial charge in [0.15, 0.2) is 0 Å². The van der Waals surface area contributed by atoms with Gasteiger partial charge in [0.2, 0.25) is 15.9 Å². The molecule has 2 heterocycles. The number of sulfonamides is 1. The second-order valence-electron chi connectivity index (χ2n) is 10.2. The highest BCUT2D eigenvalue weighted by Crippen LogP contribution is 2.43. The van der Waals surface area contributed by atoms with Crippen LogP contribution in [0.4, 0.5) is 10.5 Å². The molecule has 0 saturated heterocycles. The Kier molecular flexibility index (Phi) is 9.16. The van der Waals surface area contributed by atoms with E-state index >= 15 is 0 Å². The number of carbonyl (C=O) groups is 1. The third-order valence-electron chi connectivity index (χ3n) is 7.32. The van der Waals surface area contributed by atoms with E-state index in [2.05, 4.69) is 8.75 Å². The van der Waals surface area contributed by atoms with Gasteiger partial charge in [0.05, 0.1) is 47.9 Å². The van der Waals surface area contributed by atoms with Crippen molar-refractivity contribution in [2.24, 2.45) is 0 Å². The van der Waals surface area contributed by atoms with Gasteiger partial charge in [0, 0.05) is 11.9 Å². The van der Waals surface area contributed by atoms with Crippen LogP contribution in [0.1, 0.15) is 45.1 Å². The molecule has 12 heteroatoms. The van der Waals surface area contributed by atoms with Crippen LogP contribution < -0.4 is 13.8 Å². The number of fused-ring (bicyclic) bond motifs is 2. The number of rotatable bonds is 13. The molecule has 0 aliphatic heterocycles. The minimum Gasteiger partial charge on any atom is -0.497 e. The Morgan fingerprint density at radius 2 is 1.72 bits per heavy atom. The van der Waals surface area contributed by atoms with E-state index in [-0.39, 0.29) is 18.2 Å². The zero-order valence-electron chi connectivity index (χ0n) is 24.3. The summed E-state index contributed by atoms with van der Waals surface area (Å²) in [5.74, 6) is 0.834. The van der Waals surface area contributed by atoms with Gasteiger partial charge in [0.25, 0.3) is 0 Å². The number of nitrogens with zero attached hydrogens (tertiary/aromatic N) is 4. The lowest BCUT2D eigenvalue weighted by atomic mass is 10.0. The molecule has 0 saturated carbocycles. The van der Waals surface area contributed by atoms with Crippen LogP contribution in [-0.2, 0) is 16.6 Å². The molecular formula is C31H34N4O6S2. The first-order chi connectivity index (χ1) is 20.7. The maximum Gasteiger partial charge on any atom is 0.512 e. The monoisotopic (exact) mass is 622 g/mol. The average Bonchev–Trinajstić information content (AvgIpc) is 3.58. The van der Waals surface area contributed by atoms with Crippen molar-refractivity contribution in [1.82, 2.24) is 13.3 Å². The molecule has 0 aliphatic rings. The third kappa shape index (κ3) is 6.45. The van der Waals surface area contributed by atoms with Gasteiger partial charge in [0.1, 0.15) is 16.8 Å². The molecule has 5 rings (SSSR count). The van der Waals surface area contributed by atoms with Crippen molar-refractivity contribution in [3.63, 3.8) is 0 Å². The second-order valence-corrected chi connectivity index (χ2v) is 12.8. The van der Waals surface area contributed by atoms with E-state index in [4.69, 9.17) is 9.47 Å². The number of methoxy groups -OCH3 is 1. The highest BCUT2D eigenvalue weighted by molar-refractivity contribution is 7.92. The molecule has 1 N–H and O–H groups in total. The minimum atomic E-state index is -3.58. The summed E-state index contributed by atoms with van der Waals surface area (Å²) >= 11 is 1.13. The molecule has 10 nitrogen and oxygen atoms in total. The summed E-state index contributed by atoms with van der Waals surface area (Å²) in [4.78, 5) is 12.0. The van der Waals surface area contributed by atoms with Gasteiger partial charge in [-0.15, -0.1) is 0 Å². The van der Waals surface area contributed by atoms with Gasteiger partial charge in [-0.2, -0.15) is 8.75 Å². The van der Waals surface area contributed by atoms with Crippen molar-refractivity contribution in [2.75, 3.05) is 23.7 Å². The van der Waals surface area contributed by atoms with Crippen LogP contribution in [0.3, 0.4) is 0 Å². The van der Waals surface area contributed by atoms with E-state index < -0.39 is 16.2 Å². The minimum absolute atomic E-state index is 0.0545. The van der Waals surface area contributed by atoms with Crippen LogP contribution in [-0.4, -0.2) is 52.4 Å². The van der Waals surface area contributed by atoms with E-state index in [1.54, 1.807) is 29.9 Å². The van der Waals surface area contributed by atoms with Crippen molar-refractivity contribution in [1.29, 1.82) is 0 Å². The molecule has 0 atom stereocenters. The highest BCUT2D eigenvalue weighted by atomic mass is 32.2. The Morgan fingerprint density at radius 3 is 2.42 bits per heavy atom. The molecule has 3 aromatic carbocycles. The number of aromatic nitrogens is 3. The molecule has 0 spiro atoms. The molecule has 43 heavy (non-hydrogen) atoms. The Hall–Kier alpha value is -4.16. The summed E-state index contributed by atoms with van der Waals surface area (Å²) in [6, 6.07) is 18.4. The van der Waals surface area contributed by atoms with Crippen LogP contribution in [0.5, 0.6) is 11.6 Å². The molecule has 226 valence electrons. The second kappa shape index (κ2) is 13.0. The Bertz CT molecular complexity index is 1850. The van der Waals surface area contributed by atoms with E-state index in [1.807, 2.05) is 56.3 Å². The van der Waals surface area contributed by atoms with Crippen molar-refractivity contribution in [3.05, 3.63) is 66.2 Å². The number of hydrogen-bond acceptors (Lipinski definition) is 8. The molecule has 0 aliphatic carbocycles. The van der Waals surface area contributed by atoms with Gasteiger partial charge in [-0.05, 0) is 66.4 Å². The normalized spacial score (nSPS) is 11.7. The first kappa shape index (κ1) is 30.3. The van der Waals surface area contributed by atoms with Crippen molar-refractivity contribution >= 4 is 55.5 Å². The molecule has 0 bridgehead atoms. The molecule has 0 fully saturated rings. The molecule has 0 unspecified atom stereocenters. The molecule has 0 amide bonds. The van der Waals surface area contributed by atoms with Gasteiger partial charge < -0.3 is 19.1 Å². The fraction of sp³-hybridized carbons (Fsp3) is 0.323. The number of benzene rings is 3. The summed E-state index contributed by atoms with van der Waals surface area (Å²) in [6.07, 6.45) is 1.42. The summed E-state index contributed by atoms with van der Waals surface area (Å²) in [7, 11) is -2.00. The lowest BCUT2D eigenvalue weighted by Gasteiger charge is -2.24. The van der Waals surface area contributed by atoms with E-state index in [9.17, 15) is 18.3 Å². The standard InChI is InChI=1S/C31H34N4O6S2/c1-4-6-16-35(43(38,39)17-7-5-2)23-11-15-28-25(19-23)29(22-9-12-24(40-3)13-10-22)30(41-31(36)37)34(28)20-21-8-14-26-27(18-21)33-42-32-26/h8-15,18-19H,4-7,16-17,20H2,1-3H3,(H,36,37). The number of ether oxygens (including phenoxy) is 2. The summed E-state index contributed by atoms with van der Waals surface area (Å²) in [5, 5.41) is 10.5. The van der Waals surface area contributed by atoms with Crippen LogP contribution in [0.25, 0.3) is 33.1 Å². The summed E-state index contributed by atoms with van der Waals surface area (Å²) in [5.41, 5.74) is 4.88. The number of unbranched alkanes of at least 4 members (excludes halogenated alkanes) is 2. The third-order valence-corrected chi connectivity index (χ3v) is 9.74. The fourth-order valence-electron chi connectivity index (χ4n) is 5.13. The first-order valence-electron chi connectivity index (χ1n) is 14.2. The van der Waals surface area contributed by atoms with Gasteiger partial charge >= 0.3 is 6.16 Å². The molecule has 0 radical (unpaired) electrons. The fourth-order valence-corrected chi connectivity index (χ4v) is 7.37. The maximum atomic E-state index is 13.5. The Labute approximate surface area is 254 Å². The summed E-state index contributed by atoms with van der Waals surface area (Å²) < 4.78 is 49.7. The smallest absolute Gasteiger partial charge is 0.497 e. The lowest BCUT2D eigenvalue weighted by molar-refractivity contribution is 0.141. The van der Waals surface area contributed by atoms with E-state index in [1.165, 1.54) is 4.31 Å². The predicted molar refractivity (Wildman–Crippen MR) is 170 cm³/mol. The van der Waals surface area contributed by atoms with Gasteiger partial charge in [-0.1, -0.05) is 44.9 Å². The van der Waals surface area contributed by atoms with Gasteiger partial charge in [-0.3, -0.25) is 4.31 Å². The maximum absolute atomic E-state index is 13.5. The molecular weight excluding hydrogens is 588 g/mol. The van der Waals surface area contributed by atoms with Crippen LogP contribution in [0.2, 0.25) is 0 Å². The largest absolute Gasteiger partial charge is 0.512 e. The van der Waals surface area contributed by atoms with Crippen LogP contribution in [0.15, 0.2) is 60.7 Å². The number of hydrogen-bond donors (Lipinski definition) is 1. The molecule has 5 aromatic rings. The van der Waals surface area contributed by atoms with Crippen molar-refractivity contribution < 1.29 is 27.8 Å². The highest BCUT2D eigenvalue weighted by Gasteiger charge is 2.26. The predicted octanol–water partition coefficient (Wildman–Crippen LogP) is 7.16. The van der Waals surface area contributed by atoms with Crippen LogP contribution in [0, 0.1) is 0 Å². The zero-order valence-corrected chi connectivity index (χ0v) is 26.0. The van der Waals surface area contributed by atoms with Crippen molar-refractivity contribution in [3.8, 4) is 22.8 Å². The van der Waals surface area contributed by atoms with Crippen LogP contribution >= 0.6 is 11.7 Å². The number of anilines is 1. The number of carboxylic acid groups (broad SMARTS) is 1. The average molecular weight is 623 g/mol. The quantitative estimate of drug-likeness (QED) is 0.137. The van der Waals surface area contributed by atoms with E-state index in [0.29, 0.717) is 52.9 Å².